The highest BCUT2D eigenvalue weighted by atomic mass is 79.9. The Bertz CT molecular complexity index is 547. The normalized spacial score (nSPS) is 10.3. The lowest BCUT2D eigenvalue weighted by atomic mass is 10.1. The fraction of sp³-hybridized carbons (Fsp3) is 0.154. The summed E-state index contributed by atoms with van der Waals surface area (Å²) in [5.74, 6) is 0.0501. The maximum atomic E-state index is 11.8. The number of carbonyl (C=O) groups is 1. The SMILES string of the molecule is Cc1cc(Br)c(NC(=O)c2ccco2)cc1C. The highest BCUT2D eigenvalue weighted by Gasteiger charge is 2.11. The second-order valence-electron chi connectivity index (χ2n) is 3.85. The van der Waals surface area contributed by atoms with E-state index in [0.29, 0.717) is 5.76 Å². The minimum Gasteiger partial charge on any atom is -0.459 e. The molecule has 88 valence electrons. The van der Waals surface area contributed by atoms with Gasteiger partial charge in [-0.15, -0.1) is 0 Å². The summed E-state index contributed by atoms with van der Waals surface area (Å²) in [4.78, 5) is 11.8. The number of carbonyl (C=O) groups excluding carboxylic acids is 1. The molecule has 1 N–H and O–H groups in total. The van der Waals surface area contributed by atoms with Crippen LogP contribution in [0.15, 0.2) is 39.4 Å². The first-order valence-electron chi connectivity index (χ1n) is 5.19. The zero-order chi connectivity index (χ0) is 12.4. The van der Waals surface area contributed by atoms with Crippen molar-refractivity contribution in [1.29, 1.82) is 0 Å². The summed E-state index contributed by atoms with van der Waals surface area (Å²) in [5, 5.41) is 2.80. The van der Waals surface area contributed by atoms with Crippen molar-refractivity contribution < 1.29 is 9.21 Å². The van der Waals surface area contributed by atoms with E-state index in [0.717, 1.165) is 15.7 Å². The highest BCUT2D eigenvalue weighted by Crippen LogP contribution is 2.26. The molecule has 1 aromatic carbocycles. The first kappa shape index (κ1) is 11.9. The van der Waals surface area contributed by atoms with E-state index >= 15 is 0 Å². The third kappa shape index (κ3) is 2.58. The molecule has 1 amide bonds. The zero-order valence-electron chi connectivity index (χ0n) is 9.58. The van der Waals surface area contributed by atoms with Crippen LogP contribution in [0.1, 0.15) is 21.7 Å². The molecule has 2 rings (SSSR count). The van der Waals surface area contributed by atoms with Crippen molar-refractivity contribution in [3.05, 3.63) is 51.9 Å². The number of aryl methyl sites for hydroxylation is 2. The molecule has 0 atom stereocenters. The average molecular weight is 294 g/mol. The van der Waals surface area contributed by atoms with Gasteiger partial charge in [-0.3, -0.25) is 4.79 Å². The molecule has 17 heavy (non-hydrogen) atoms. The Balaban J connectivity index is 2.25. The fourth-order valence-corrected chi connectivity index (χ4v) is 2.03. The number of amides is 1. The summed E-state index contributed by atoms with van der Waals surface area (Å²) >= 11 is 3.43. The van der Waals surface area contributed by atoms with Crippen LogP contribution in [0.25, 0.3) is 0 Å². The molecule has 0 aliphatic heterocycles. The van der Waals surface area contributed by atoms with Crippen LogP contribution in [0.4, 0.5) is 5.69 Å². The number of benzene rings is 1. The summed E-state index contributed by atoms with van der Waals surface area (Å²) in [5.41, 5.74) is 3.05. The molecule has 0 saturated carbocycles. The van der Waals surface area contributed by atoms with Gasteiger partial charge in [0.2, 0.25) is 0 Å². The molecule has 0 aliphatic carbocycles. The quantitative estimate of drug-likeness (QED) is 0.912. The van der Waals surface area contributed by atoms with Gasteiger partial charge >= 0.3 is 0 Å². The second-order valence-corrected chi connectivity index (χ2v) is 4.70. The molecular formula is C13H12BrNO2. The minimum absolute atomic E-state index is 0.251. The highest BCUT2D eigenvalue weighted by molar-refractivity contribution is 9.10. The van der Waals surface area contributed by atoms with E-state index in [-0.39, 0.29) is 5.91 Å². The van der Waals surface area contributed by atoms with E-state index < -0.39 is 0 Å². The van der Waals surface area contributed by atoms with Crippen molar-refractivity contribution in [2.24, 2.45) is 0 Å². The summed E-state index contributed by atoms with van der Waals surface area (Å²) in [7, 11) is 0. The van der Waals surface area contributed by atoms with Crippen molar-refractivity contribution in [1.82, 2.24) is 0 Å². The van der Waals surface area contributed by atoms with Crippen LogP contribution in [0.3, 0.4) is 0 Å². The van der Waals surface area contributed by atoms with Gasteiger partial charge in [-0.25, -0.2) is 0 Å². The standard InChI is InChI=1S/C13H12BrNO2/c1-8-6-10(14)11(7-9(8)2)15-13(16)12-4-3-5-17-12/h3-7H,1-2H3,(H,15,16). The third-order valence-corrected chi connectivity index (χ3v) is 3.23. The van der Waals surface area contributed by atoms with Crippen LogP contribution in [0.2, 0.25) is 0 Å². The first-order chi connectivity index (χ1) is 8.08. The molecule has 2 aromatic rings. The molecule has 0 radical (unpaired) electrons. The van der Waals surface area contributed by atoms with Crippen molar-refractivity contribution in [3.8, 4) is 0 Å². The summed E-state index contributed by atoms with van der Waals surface area (Å²) in [6.45, 7) is 4.03. The average Bonchev–Trinajstić information content (AvgIpc) is 2.79. The Kier molecular flexibility index (Phi) is 3.33. The van der Waals surface area contributed by atoms with E-state index in [1.54, 1.807) is 12.1 Å². The van der Waals surface area contributed by atoms with Crippen LogP contribution in [0, 0.1) is 13.8 Å². The summed E-state index contributed by atoms with van der Waals surface area (Å²) in [6, 6.07) is 7.22. The van der Waals surface area contributed by atoms with Gasteiger partial charge in [0.15, 0.2) is 5.76 Å². The van der Waals surface area contributed by atoms with Gasteiger partial charge in [0, 0.05) is 4.47 Å². The van der Waals surface area contributed by atoms with Gasteiger partial charge in [-0.1, -0.05) is 0 Å². The Hall–Kier alpha value is -1.55. The number of hydrogen-bond acceptors (Lipinski definition) is 2. The fourth-order valence-electron chi connectivity index (χ4n) is 1.47. The summed E-state index contributed by atoms with van der Waals surface area (Å²) in [6.07, 6.45) is 1.48. The van der Waals surface area contributed by atoms with Crippen molar-refractivity contribution in [2.75, 3.05) is 5.32 Å². The topological polar surface area (TPSA) is 42.2 Å². The molecule has 0 spiro atoms. The van der Waals surface area contributed by atoms with Gasteiger partial charge in [-0.05, 0) is 65.2 Å². The number of nitrogens with one attached hydrogen (secondary N) is 1. The molecule has 0 fully saturated rings. The minimum atomic E-state index is -0.251. The number of furan rings is 1. The number of hydrogen-bond donors (Lipinski definition) is 1. The third-order valence-electron chi connectivity index (χ3n) is 2.58. The predicted molar refractivity (Wildman–Crippen MR) is 70.3 cm³/mol. The predicted octanol–water partition coefficient (Wildman–Crippen LogP) is 3.91. The zero-order valence-corrected chi connectivity index (χ0v) is 11.2. The van der Waals surface area contributed by atoms with Crippen LogP contribution in [0.5, 0.6) is 0 Å². The van der Waals surface area contributed by atoms with Crippen LogP contribution < -0.4 is 5.32 Å². The number of anilines is 1. The second kappa shape index (κ2) is 4.75. The van der Waals surface area contributed by atoms with Crippen LogP contribution in [-0.2, 0) is 0 Å². The maximum Gasteiger partial charge on any atom is 0.291 e. The van der Waals surface area contributed by atoms with Gasteiger partial charge < -0.3 is 9.73 Å². The molecule has 4 heteroatoms. The van der Waals surface area contributed by atoms with Crippen molar-refractivity contribution in [3.63, 3.8) is 0 Å². The lowest BCUT2D eigenvalue weighted by Gasteiger charge is -2.09. The lowest BCUT2D eigenvalue weighted by molar-refractivity contribution is 0.0996. The van der Waals surface area contributed by atoms with Crippen molar-refractivity contribution in [2.45, 2.75) is 13.8 Å². The first-order valence-corrected chi connectivity index (χ1v) is 5.99. The monoisotopic (exact) mass is 293 g/mol. The molecule has 3 nitrogen and oxygen atoms in total. The van der Waals surface area contributed by atoms with Gasteiger partial charge in [0.1, 0.15) is 0 Å². The smallest absolute Gasteiger partial charge is 0.291 e. The van der Waals surface area contributed by atoms with Crippen LogP contribution >= 0.6 is 15.9 Å². The van der Waals surface area contributed by atoms with E-state index in [1.165, 1.54) is 11.8 Å². The Morgan fingerprint density at radius 1 is 1.29 bits per heavy atom. The van der Waals surface area contributed by atoms with Gasteiger partial charge in [0.05, 0.1) is 12.0 Å². The van der Waals surface area contributed by atoms with E-state index in [1.807, 2.05) is 26.0 Å². The Morgan fingerprint density at radius 3 is 2.65 bits per heavy atom. The Morgan fingerprint density at radius 2 is 2.00 bits per heavy atom. The summed E-state index contributed by atoms with van der Waals surface area (Å²) < 4.78 is 5.90. The van der Waals surface area contributed by atoms with Gasteiger partial charge in [-0.2, -0.15) is 0 Å². The van der Waals surface area contributed by atoms with E-state index in [2.05, 4.69) is 21.2 Å². The molecule has 0 unspecified atom stereocenters. The molecule has 0 bridgehead atoms. The van der Waals surface area contributed by atoms with Crippen molar-refractivity contribution >= 4 is 27.5 Å². The maximum absolute atomic E-state index is 11.8. The molecule has 0 saturated heterocycles. The van der Waals surface area contributed by atoms with E-state index in [4.69, 9.17) is 4.42 Å². The number of rotatable bonds is 2. The molecular weight excluding hydrogens is 282 g/mol. The molecule has 0 aliphatic rings. The molecule has 1 aromatic heterocycles. The van der Waals surface area contributed by atoms with E-state index in [9.17, 15) is 4.79 Å². The van der Waals surface area contributed by atoms with Crippen LogP contribution in [-0.4, -0.2) is 5.91 Å². The molecule has 1 heterocycles. The lowest BCUT2D eigenvalue weighted by Crippen LogP contribution is -2.11. The Labute approximate surface area is 108 Å². The largest absolute Gasteiger partial charge is 0.459 e. The number of halogens is 1. The van der Waals surface area contributed by atoms with Gasteiger partial charge in [0.25, 0.3) is 5.91 Å².